The van der Waals surface area contributed by atoms with E-state index in [1.807, 2.05) is 134 Å². The van der Waals surface area contributed by atoms with Crippen molar-refractivity contribution in [2.45, 2.75) is 0 Å². The van der Waals surface area contributed by atoms with Gasteiger partial charge in [-0.25, -0.2) is 29.9 Å². The zero-order valence-electron chi connectivity index (χ0n) is 32.7. The SMILES string of the molecule is c1ccc(-c2nc(-c3ccccc3)nc(-c3ccc4c5ccccc5n(-c5ccc(-c6cccnc6)c(-c6nc(-c7ccccc7)nc(-c7ccccc7)n6)c5)c4c3)n2)cc1. The van der Waals surface area contributed by atoms with Gasteiger partial charge >= 0.3 is 0 Å². The average Bonchev–Trinajstić information content (AvgIpc) is 3.68. The van der Waals surface area contributed by atoms with Gasteiger partial charge in [0.15, 0.2) is 34.9 Å². The molecule has 0 spiro atoms. The van der Waals surface area contributed by atoms with Crippen molar-refractivity contribution < 1.29 is 0 Å². The van der Waals surface area contributed by atoms with Gasteiger partial charge in [-0.05, 0) is 35.9 Å². The van der Waals surface area contributed by atoms with E-state index < -0.39 is 0 Å². The summed E-state index contributed by atoms with van der Waals surface area (Å²) in [6.45, 7) is 0. The van der Waals surface area contributed by atoms with Crippen LogP contribution in [-0.4, -0.2) is 39.5 Å². The van der Waals surface area contributed by atoms with E-state index in [1.54, 1.807) is 6.20 Å². The highest BCUT2D eigenvalue weighted by Gasteiger charge is 2.20. The fraction of sp³-hybridized carbons (Fsp3) is 0. The summed E-state index contributed by atoms with van der Waals surface area (Å²) in [5.41, 5.74) is 10.3. The van der Waals surface area contributed by atoms with E-state index in [9.17, 15) is 0 Å². The highest BCUT2D eigenvalue weighted by molar-refractivity contribution is 6.10. The average molecular weight is 783 g/mol. The monoisotopic (exact) mass is 782 g/mol. The molecule has 0 N–H and O–H groups in total. The third-order valence-corrected chi connectivity index (χ3v) is 10.8. The molecule has 8 nitrogen and oxygen atoms in total. The molecule has 4 heterocycles. The van der Waals surface area contributed by atoms with Crippen LogP contribution in [0, 0.1) is 0 Å². The van der Waals surface area contributed by atoms with E-state index >= 15 is 0 Å². The molecule has 0 bridgehead atoms. The summed E-state index contributed by atoms with van der Waals surface area (Å²) in [7, 11) is 0. The highest BCUT2D eigenvalue weighted by Crippen LogP contribution is 2.39. The first kappa shape index (κ1) is 35.7. The Bertz CT molecular complexity index is 3220. The summed E-state index contributed by atoms with van der Waals surface area (Å²) >= 11 is 0. The molecular formula is C53H34N8. The maximum absolute atomic E-state index is 5.18. The Morgan fingerprint density at radius 3 is 1.28 bits per heavy atom. The number of para-hydroxylation sites is 1. The second-order valence-electron chi connectivity index (χ2n) is 14.6. The number of aromatic nitrogens is 8. The number of pyridine rings is 1. The van der Waals surface area contributed by atoms with Crippen LogP contribution in [0.5, 0.6) is 0 Å². The molecule has 0 saturated carbocycles. The van der Waals surface area contributed by atoms with Gasteiger partial charge in [-0.15, -0.1) is 0 Å². The Labute approximate surface area is 351 Å². The topological polar surface area (TPSA) is 95.2 Å². The van der Waals surface area contributed by atoms with Gasteiger partial charge in [0, 0.05) is 67.8 Å². The maximum Gasteiger partial charge on any atom is 0.164 e. The van der Waals surface area contributed by atoms with E-state index in [1.165, 1.54) is 0 Å². The van der Waals surface area contributed by atoms with Crippen molar-refractivity contribution in [1.82, 2.24) is 39.5 Å². The van der Waals surface area contributed by atoms with Crippen molar-refractivity contribution in [2.75, 3.05) is 0 Å². The second kappa shape index (κ2) is 15.4. The van der Waals surface area contributed by atoms with Gasteiger partial charge in [0.2, 0.25) is 0 Å². The molecule has 0 atom stereocenters. The Balaban J connectivity index is 1.14. The van der Waals surface area contributed by atoms with Crippen LogP contribution in [0.15, 0.2) is 207 Å². The smallest absolute Gasteiger partial charge is 0.164 e. The summed E-state index contributed by atoms with van der Waals surface area (Å²) in [6.07, 6.45) is 3.67. The van der Waals surface area contributed by atoms with Crippen molar-refractivity contribution in [2.24, 2.45) is 0 Å². The molecule has 0 aliphatic heterocycles. The number of rotatable bonds is 8. The second-order valence-corrected chi connectivity index (χ2v) is 14.6. The van der Waals surface area contributed by atoms with E-state index in [0.717, 1.165) is 72.0 Å². The molecule has 0 saturated heterocycles. The first-order valence-electron chi connectivity index (χ1n) is 20.1. The van der Waals surface area contributed by atoms with Gasteiger partial charge in [-0.2, -0.15) is 0 Å². The van der Waals surface area contributed by atoms with Crippen LogP contribution in [0.2, 0.25) is 0 Å². The number of fused-ring (bicyclic) bond motifs is 3. The fourth-order valence-electron chi connectivity index (χ4n) is 7.88. The Hall–Kier alpha value is -8.49. The largest absolute Gasteiger partial charge is 0.309 e. The van der Waals surface area contributed by atoms with Gasteiger partial charge in [0.05, 0.1) is 11.0 Å². The standard InChI is InChI=1S/C53H34N8/c1-5-16-35(17-6-1)48-55-49(36-18-7-2-8-19-36)58-52(57-48)39-27-29-44-43-25-13-14-26-46(43)61(47(44)32-39)41-28-30-42(40-24-15-31-54-34-40)45(33-41)53-59-50(37-20-9-3-10-21-37)56-51(60-53)38-22-11-4-12-23-38/h1-34H. The number of benzene rings is 7. The lowest BCUT2D eigenvalue weighted by Gasteiger charge is -2.15. The van der Waals surface area contributed by atoms with Crippen LogP contribution >= 0.6 is 0 Å². The van der Waals surface area contributed by atoms with E-state index in [-0.39, 0.29) is 0 Å². The highest BCUT2D eigenvalue weighted by atomic mass is 15.0. The summed E-state index contributed by atoms with van der Waals surface area (Å²) < 4.78 is 2.31. The third kappa shape index (κ3) is 6.78. The predicted molar refractivity (Wildman–Crippen MR) is 243 cm³/mol. The molecule has 8 heteroatoms. The minimum Gasteiger partial charge on any atom is -0.309 e. The minimum absolute atomic E-state index is 0.557. The van der Waals surface area contributed by atoms with Gasteiger partial charge in [-0.1, -0.05) is 164 Å². The minimum atomic E-state index is 0.557. The molecule has 0 aliphatic carbocycles. The number of hydrogen-bond donors (Lipinski definition) is 0. The Morgan fingerprint density at radius 2 is 0.754 bits per heavy atom. The quantitative estimate of drug-likeness (QED) is 0.151. The molecule has 7 aromatic carbocycles. The van der Waals surface area contributed by atoms with Crippen LogP contribution in [0.3, 0.4) is 0 Å². The molecule has 4 aromatic heterocycles. The van der Waals surface area contributed by atoms with E-state index in [2.05, 4.69) is 76.3 Å². The molecule has 286 valence electrons. The lowest BCUT2D eigenvalue weighted by Crippen LogP contribution is -2.03. The predicted octanol–water partition coefficient (Wildman–Crippen LogP) is 12.2. The fourth-order valence-corrected chi connectivity index (χ4v) is 7.88. The van der Waals surface area contributed by atoms with Crippen LogP contribution in [-0.2, 0) is 0 Å². The maximum atomic E-state index is 5.18. The lowest BCUT2D eigenvalue weighted by molar-refractivity contribution is 1.07. The summed E-state index contributed by atoms with van der Waals surface area (Å²) in [5, 5.41) is 2.24. The van der Waals surface area contributed by atoms with E-state index in [4.69, 9.17) is 29.9 Å². The summed E-state index contributed by atoms with van der Waals surface area (Å²) in [6, 6.07) is 65.7. The molecule has 11 rings (SSSR count). The molecule has 0 aliphatic rings. The van der Waals surface area contributed by atoms with Crippen LogP contribution < -0.4 is 0 Å². The van der Waals surface area contributed by atoms with Crippen molar-refractivity contribution in [3.63, 3.8) is 0 Å². The van der Waals surface area contributed by atoms with Gasteiger partial charge in [-0.3, -0.25) is 4.98 Å². The zero-order chi connectivity index (χ0) is 40.5. The van der Waals surface area contributed by atoms with E-state index in [0.29, 0.717) is 34.9 Å². The van der Waals surface area contributed by atoms with Crippen molar-refractivity contribution in [3.05, 3.63) is 207 Å². The number of nitrogens with zero attached hydrogens (tertiary/aromatic N) is 8. The number of hydrogen-bond acceptors (Lipinski definition) is 7. The first-order valence-corrected chi connectivity index (χ1v) is 20.1. The molecule has 0 fully saturated rings. The molecule has 11 aromatic rings. The van der Waals surface area contributed by atoms with Gasteiger partial charge in [0.1, 0.15) is 0 Å². The zero-order valence-corrected chi connectivity index (χ0v) is 32.7. The normalized spacial score (nSPS) is 11.3. The lowest BCUT2D eigenvalue weighted by atomic mass is 9.99. The molecular weight excluding hydrogens is 749 g/mol. The molecule has 0 amide bonds. The van der Waals surface area contributed by atoms with Crippen LogP contribution in [0.4, 0.5) is 0 Å². The molecule has 0 unspecified atom stereocenters. The van der Waals surface area contributed by atoms with Crippen molar-refractivity contribution >= 4 is 21.8 Å². The Morgan fingerprint density at radius 1 is 0.295 bits per heavy atom. The van der Waals surface area contributed by atoms with Crippen molar-refractivity contribution in [1.29, 1.82) is 0 Å². The van der Waals surface area contributed by atoms with Crippen LogP contribution in [0.1, 0.15) is 0 Å². The first-order chi connectivity index (χ1) is 30.2. The molecule has 0 radical (unpaired) electrons. The van der Waals surface area contributed by atoms with Crippen LogP contribution in [0.25, 0.3) is 107 Å². The van der Waals surface area contributed by atoms with Gasteiger partial charge in [0.25, 0.3) is 0 Å². The van der Waals surface area contributed by atoms with Crippen molar-refractivity contribution in [3.8, 4) is 85.1 Å². The Kier molecular flexibility index (Phi) is 8.98. The summed E-state index contributed by atoms with van der Waals surface area (Å²) in [5.74, 6) is 3.56. The molecule has 61 heavy (non-hydrogen) atoms. The summed E-state index contributed by atoms with van der Waals surface area (Å²) in [4.78, 5) is 34.9. The third-order valence-electron chi connectivity index (χ3n) is 10.8. The van der Waals surface area contributed by atoms with Gasteiger partial charge < -0.3 is 4.57 Å².